The zero-order valence-electron chi connectivity index (χ0n) is 14.4. The zero-order chi connectivity index (χ0) is 16.4. The third-order valence-electron chi connectivity index (χ3n) is 5.33. The molecule has 1 amide bonds. The van der Waals surface area contributed by atoms with Crippen LogP contribution in [-0.2, 0) is 11.3 Å². The number of benzene rings is 2. The molecule has 2 aromatic carbocycles. The van der Waals surface area contributed by atoms with Crippen molar-refractivity contribution in [3.63, 3.8) is 0 Å². The van der Waals surface area contributed by atoms with Crippen LogP contribution in [-0.4, -0.2) is 29.9 Å². The van der Waals surface area contributed by atoms with Gasteiger partial charge in [-0.15, -0.1) is 12.4 Å². The van der Waals surface area contributed by atoms with Gasteiger partial charge < -0.3 is 10.2 Å². The Hall–Kier alpha value is -1.84. The van der Waals surface area contributed by atoms with E-state index in [0.29, 0.717) is 12.5 Å². The molecule has 3 nitrogen and oxygen atoms in total. The van der Waals surface area contributed by atoms with E-state index in [4.69, 9.17) is 0 Å². The maximum absolute atomic E-state index is 12.8. The monoisotopic (exact) mass is 356 g/mol. The summed E-state index contributed by atoms with van der Waals surface area (Å²) in [6, 6.07) is 19.5. The number of nitrogens with zero attached hydrogens (tertiary/aromatic N) is 1. The summed E-state index contributed by atoms with van der Waals surface area (Å²) in [5.41, 5.74) is 3.94. The third-order valence-corrected chi connectivity index (χ3v) is 5.33. The maximum atomic E-state index is 12.8. The number of hydrogen-bond donors (Lipinski definition) is 1. The molecule has 2 heterocycles. The second-order valence-electron chi connectivity index (χ2n) is 6.93. The van der Waals surface area contributed by atoms with Crippen LogP contribution in [0.15, 0.2) is 54.6 Å². The maximum Gasteiger partial charge on any atom is 0.224 e. The van der Waals surface area contributed by atoms with E-state index in [2.05, 4.69) is 58.7 Å². The fourth-order valence-corrected chi connectivity index (χ4v) is 4.04. The average molecular weight is 357 g/mol. The van der Waals surface area contributed by atoms with E-state index >= 15 is 0 Å². The summed E-state index contributed by atoms with van der Waals surface area (Å²) >= 11 is 0. The van der Waals surface area contributed by atoms with Crippen LogP contribution in [0, 0.1) is 0 Å². The standard InChI is InChI=1S/C21H24N2O.ClH/c24-21(13-18-10-6-12-22-18)23-14-17-9-4-5-11-19(17)20(15-23)16-7-2-1-3-8-16;/h1-5,7-9,11,18,20,22H,6,10,12-15H2;1H. The third kappa shape index (κ3) is 3.88. The van der Waals surface area contributed by atoms with E-state index in [1.165, 1.54) is 23.1 Å². The first kappa shape index (κ1) is 18.0. The smallest absolute Gasteiger partial charge is 0.224 e. The van der Waals surface area contributed by atoms with Crippen molar-refractivity contribution >= 4 is 18.3 Å². The molecule has 25 heavy (non-hydrogen) atoms. The van der Waals surface area contributed by atoms with Gasteiger partial charge >= 0.3 is 0 Å². The molecule has 1 saturated heterocycles. The lowest BCUT2D eigenvalue weighted by molar-refractivity contribution is -0.132. The second-order valence-corrected chi connectivity index (χ2v) is 6.93. The molecule has 2 aliphatic heterocycles. The minimum Gasteiger partial charge on any atom is -0.337 e. The van der Waals surface area contributed by atoms with Crippen molar-refractivity contribution in [2.24, 2.45) is 0 Å². The first-order valence-corrected chi connectivity index (χ1v) is 8.95. The highest BCUT2D eigenvalue weighted by Crippen LogP contribution is 2.33. The molecule has 2 atom stereocenters. The van der Waals surface area contributed by atoms with Crippen molar-refractivity contribution in [1.82, 2.24) is 10.2 Å². The number of halogens is 1. The fraction of sp³-hybridized carbons (Fsp3) is 0.381. The van der Waals surface area contributed by atoms with Crippen LogP contribution < -0.4 is 5.32 Å². The molecule has 0 aliphatic carbocycles. The lowest BCUT2D eigenvalue weighted by Crippen LogP contribution is -2.41. The highest BCUT2D eigenvalue weighted by molar-refractivity contribution is 5.85. The number of carbonyl (C=O) groups is 1. The van der Waals surface area contributed by atoms with E-state index < -0.39 is 0 Å². The SMILES string of the molecule is Cl.O=C(CC1CCCN1)N1Cc2ccccc2C(c2ccccc2)C1. The Bertz CT molecular complexity index is 713. The van der Waals surface area contributed by atoms with Gasteiger partial charge in [-0.25, -0.2) is 0 Å². The van der Waals surface area contributed by atoms with E-state index in [9.17, 15) is 4.79 Å². The molecule has 1 N–H and O–H groups in total. The van der Waals surface area contributed by atoms with E-state index in [0.717, 1.165) is 26.1 Å². The molecular weight excluding hydrogens is 332 g/mol. The molecule has 132 valence electrons. The number of amides is 1. The van der Waals surface area contributed by atoms with Gasteiger partial charge in [-0.05, 0) is 36.1 Å². The summed E-state index contributed by atoms with van der Waals surface area (Å²) in [5.74, 6) is 0.557. The molecule has 2 unspecified atom stereocenters. The Morgan fingerprint density at radius 1 is 1.08 bits per heavy atom. The van der Waals surface area contributed by atoms with Gasteiger partial charge in [-0.1, -0.05) is 54.6 Å². The molecular formula is C21H25ClN2O. The first-order chi connectivity index (χ1) is 11.8. The lowest BCUT2D eigenvalue weighted by Gasteiger charge is -2.35. The minimum atomic E-state index is 0. The van der Waals surface area contributed by atoms with Crippen molar-refractivity contribution in [2.75, 3.05) is 13.1 Å². The Labute approximate surface area is 155 Å². The molecule has 4 rings (SSSR count). The molecule has 0 saturated carbocycles. The average Bonchev–Trinajstić information content (AvgIpc) is 3.14. The largest absolute Gasteiger partial charge is 0.337 e. The van der Waals surface area contributed by atoms with Gasteiger partial charge in [0.2, 0.25) is 5.91 Å². The highest BCUT2D eigenvalue weighted by Gasteiger charge is 2.30. The minimum absolute atomic E-state index is 0. The predicted octanol–water partition coefficient (Wildman–Crippen LogP) is 3.72. The molecule has 2 aromatic rings. The van der Waals surface area contributed by atoms with Crippen LogP contribution in [0.25, 0.3) is 0 Å². The number of nitrogens with one attached hydrogen (secondary N) is 1. The lowest BCUT2D eigenvalue weighted by atomic mass is 9.84. The van der Waals surface area contributed by atoms with Gasteiger partial charge in [0.05, 0.1) is 0 Å². The van der Waals surface area contributed by atoms with Gasteiger partial charge in [0, 0.05) is 31.5 Å². The fourth-order valence-electron chi connectivity index (χ4n) is 4.04. The van der Waals surface area contributed by atoms with Crippen molar-refractivity contribution < 1.29 is 4.79 Å². The number of hydrogen-bond acceptors (Lipinski definition) is 2. The van der Waals surface area contributed by atoms with Crippen molar-refractivity contribution in [3.8, 4) is 0 Å². The summed E-state index contributed by atoms with van der Waals surface area (Å²) in [4.78, 5) is 14.9. The zero-order valence-corrected chi connectivity index (χ0v) is 15.2. The topological polar surface area (TPSA) is 32.3 Å². The van der Waals surface area contributed by atoms with E-state index in [1.54, 1.807) is 0 Å². The number of carbonyl (C=O) groups excluding carboxylic acids is 1. The molecule has 4 heteroatoms. The summed E-state index contributed by atoms with van der Waals surface area (Å²) in [7, 11) is 0. The normalized spacial score (nSPS) is 22.2. The predicted molar refractivity (Wildman–Crippen MR) is 103 cm³/mol. The molecule has 2 aliphatic rings. The van der Waals surface area contributed by atoms with Gasteiger partial charge in [-0.2, -0.15) is 0 Å². The Kier molecular flexibility index (Phi) is 5.77. The summed E-state index contributed by atoms with van der Waals surface area (Å²) < 4.78 is 0. The molecule has 0 aromatic heterocycles. The van der Waals surface area contributed by atoms with Crippen LogP contribution in [0.1, 0.15) is 41.9 Å². The Morgan fingerprint density at radius 3 is 2.60 bits per heavy atom. The van der Waals surface area contributed by atoms with Crippen molar-refractivity contribution in [3.05, 3.63) is 71.3 Å². The summed E-state index contributed by atoms with van der Waals surface area (Å²) in [6.07, 6.45) is 2.94. The molecule has 0 radical (unpaired) electrons. The Morgan fingerprint density at radius 2 is 1.84 bits per heavy atom. The van der Waals surface area contributed by atoms with E-state index in [1.807, 2.05) is 6.07 Å². The highest BCUT2D eigenvalue weighted by atomic mass is 35.5. The van der Waals surface area contributed by atoms with Crippen molar-refractivity contribution in [1.29, 1.82) is 0 Å². The van der Waals surface area contributed by atoms with Crippen LogP contribution >= 0.6 is 12.4 Å². The van der Waals surface area contributed by atoms with Gasteiger partial charge in [0.25, 0.3) is 0 Å². The van der Waals surface area contributed by atoms with Gasteiger partial charge in [0.15, 0.2) is 0 Å². The van der Waals surface area contributed by atoms with Gasteiger partial charge in [-0.3, -0.25) is 4.79 Å². The quantitative estimate of drug-likeness (QED) is 0.908. The first-order valence-electron chi connectivity index (χ1n) is 8.95. The summed E-state index contributed by atoms with van der Waals surface area (Å²) in [6.45, 7) is 2.57. The number of rotatable bonds is 3. The Balaban J connectivity index is 0.00000182. The number of fused-ring (bicyclic) bond motifs is 1. The van der Waals surface area contributed by atoms with Crippen molar-refractivity contribution in [2.45, 2.75) is 37.8 Å². The second kappa shape index (κ2) is 8.03. The molecule has 0 bridgehead atoms. The van der Waals surface area contributed by atoms with E-state index in [-0.39, 0.29) is 24.2 Å². The van der Waals surface area contributed by atoms with Crippen LogP contribution in [0.3, 0.4) is 0 Å². The molecule has 1 fully saturated rings. The molecule has 0 spiro atoms. The van der Waals surface area contributed by atoms with Gasteiger partial charge in [0.1, 0.15) is 0 Å². The van der Waals surface area contributed by atoms with Crippen LogP contribution in [0.5, 0.6) is 0 Å². The van der Waals surface area contributed by atoms with Crippen LogP contribution in [0.4, 0.5) is 0 Å². The summed E-state index contributed by atoms with van der Waals surface area (Å²) in [5, 5.41) is 3.44. The van der Waals surface area contributed by atoms with Crippen LogP contribution in [0.2, 0.25) is 0 Å².